The van der Waals surface area contributed by atoms with Crippen molar-refractivity contribution in [3.63, 3.8) is 0 Å². The zero-order valence-electron chi connectivity index (χ0n) is 18.5. The van der Waals surface area contributed by atoms with Gasteiger partial charge in [0.2, 0.25) is 11.6 Å². The lowest BCUT2D eigenvalue weighted by atomic mass is 10.1. The van der Waals surface area contributed by atoms with E-state index in [0.717, 1.165) is 6.42 Å². The Hall–Kier alpha value is -4.74. The summed E-state index contributed by atoms with van der Waals surface area (Å²) in [7, 11) is 1.55. The molecule has 0 saturated heterocycles. The van der Waals surface area contributed by atoms with Crippen LogP contribution in [0.15, 0.2) is 58.3 Å². The van der Waals surface area contributed by atoms with Crippen LogP contribution in [0.2, 0.25) is 0 Å². The monoisotopic (exact) mass is 462 g/mol. The molecule has 1 amide bonds. The highest BCUT2D eigenvalue weighted by Gasteiger charge is 2.25. The molecule has 4 rings (SSSR count). The first-order valence-electron chi connectivity index (χ1n) is 10.4. The minimum Gasteiger partial charge on any atom is -0.496 e. The Labute approximate surface area is 194 Å². The van der Waals surface area contributed by atoms with Gasteiger partial charge in [0.1, 0.15) is 17.2 Å². The molecule has 12 nitrogen and oxygen atoms in total. The molecule has 34 heavy (non-hydrogen) atoms. The molecular weight excluding hydrogens is 440 g/mol. The summed E-state index contributed by atoms with van der Waals surface area (Å²) in [6.07, 6.45) is 2.36. The number of methoxy groups -OCH3 is 1. The largest absolute Gasteiger partial charge is 0.496 e. The van der Waals surface area contributed by atoms with E-state index in [1.165, 1.54) is 10.9 Å². The van der Waals surface area contributed by atoms with E-state index in [9.17, 15) is 4.79 Å². The molecule has 2 aromatic carbocycles. The number of nitrogens with two attached hydrogens (primary N) is 1. The quantitative estimate of drug-likeness (QED) is 0.282. The van der Waals surface area contributed by atoms with Crippen molar-refractivity contribution in [2.45, 2.75) is 13.3 Å². The van der Waals surface area contributed by atoms with Crippen LogP contribution in [0.5, 0.6) is 11.5 Å². The number of hydrogen-bond acceptors (Lipinski definition) is 10. The number of rotatable bonds is 9. The average molecular weight is 462 g/mol. The molecule has 2 aromatic heterocycles. The van der Waals surface area contributed by atoms with Crippen molar-refractivity contribution in [2.75, 3.05) is 19.5 Å². The first kappa shape index (κ1) is 22.5. The van der Waals surface area contributed by atoms with Crippen molar-refractivity contribution < 1.29 is 18.9 Å². The number of anilines is 1. The Morgan fingerprint density at radius 3 is 2.71 bits per heavy atom. The van der Waals surface area contributed by atoms with Crippen LogP contribution in [0.1, 0.15) is 29.4 Å². The molecule has 0 spiro atoms. The van der Waals surface area contributed by atoms with Crippen molar-refractivity contribution in [2.24, 2.45) is 5.10 Å². The van der Waals surface area contributed by atoms with Gasteiger partial charge in [0, 0.05) is 11.1 Å². The third kappa shape index (κ3) is 4.70. The van der Waals surface area contributed by atoms with Gasteiger partial charge in [-0.2, -0.15) is 9.78 Å². The van der Waals surface area contributed by atoms with Gasteiger partial charge in [0.15, 0.2) is 5.69 Å². The lowest BCUT2D eigenvalue weighted by Gasteiger charge is -2.08. The number of nitrogen functional groups attached to an aromatic ring is 1. The Balaban J connectivity index is 1.66. The van der Waals surface area contributed by atoms with Crippen LogP contribution in [0, 0.1) is 0 Å². The molecule has 0 aliphatic rings. The number of benzene rings is 2. The van der Waals surface area contributed by atoms with Crippen molar-refractivity contribution in [1.29, 1.82) is 0 Å². The van der Waals surface area contributed by atoms with Crippen molar-refractivity contribution >= 4 is 17.9 Å². The highest BCUT2D eigenvalue weighted by Crippen LogP contribution is 2.28. The van der Waals surface area contributed by atoms with Crippen LogP contribution in [-0.2, 0) is 0 Å². The van der Waals surface area contributed by atoms with E-state index in [4.69, 9.17) is 15.2 Å². The summed E-state index contributed by atoms with van der Waals surface area (Å²) in [5.41, 5.74) is 9.95. The molecule has 0 aliphatic heterocycles. The maximum Gasteiger partial charge on any atom is 0.294 e. The first-order valence-corrected chi connectivity index (χ1v) is 10.4. The predicted molar refractivity (Wildman–Crippen MR) is 123 cm³/mol. The molecule has 12 heteroatoms. The van der Waals surface area contributed by atoms with Gasteiger partial charge < -0.3 is 15.2 Å². The molecule has 0 fully saturated rings. The number of carbonyl (C=O) groups excluding carboxylic acids is 1. The standard InChI is InChI=1S/C22H22N8O4/c1-3-12-33-16-10-8-14(9-11-16)19-18(25-29-30(19)21-20(23)27-34-28-21)22(31)26-24-13-15-6-4-5-7-17(15)32-2/h4-11,13H,3,12H2,1-2H3,(H2,23,27)(H,26,31). The van der Waals surface area contributed by atoms with Crippen LogP contribution in [0.3, 0.4) is 0 Å². The normalized spacial score (nSPS) is 11.0. The number of carbonyl (C=O) groups is 1. The minimum absolute atomic E-state index is 0.00167. The molecule has 2 heterocycles. The fraction of sp³-hybridized carbons (Fsp3) is 0.182. The van der Waals surface area contributed by atoms with Crippen LogP contribution < -0.4 is 20.6 Å². The fourth-order valence-corrected chi connectivity index (χ4v) is 3.10. The maximum absolute atomic E-state index is 13.0. The summed E-state index contributed by atoms with van der Waals surface area (Å²) in [6.45, 7) is 2.62. The van der Waals surface area contributed by atoms with Gasteiger partial charge in [-0.05, 0) is 53.1 Å². The molecule has 3 N–H and O–H groups in total. The second-order valence-electron chi connectivity index (χ2n) is 6.99. The van der Waals surface area contributed by atoms with E-state index in [1.54, 1.807) is 43.5 Å². The Morgan fingerprint density at radius 1 is 1.21 bits per heavy atom. The summed E-state index contributed by atoms with van der Waals surface area (Å²) in [5, 5.41) is 19.4. The fourth-order valence-electron chi connectivity index (χ4n) is 3.10. The number of nitrogens with zero attached hydrogens (tertiary/aromatic N) is 6. The molecule has 174 valence electrons. The molecule has 0 bridgehead atoms. The minimum atomic E-state index is -0.589. The average Bonchev–Trinajstić information content (AvgIpc) is 3.49. The molecule has 0 aliphatic carbocycles. The summed E-state index contributed by atoms with van der Waals surface area (Å²) in [4.78, 5) is 13.0. The third-order valence-electron chi connectivity index (χ3n) is 4.69. The van der Waals surface area contributed by atoms with E-state index in [0.29, 0.717) is 34.9 Å². The lowest BCUT2D eigenvalue weighted by Crippen LogP contribution is -2.19. The highest BCUT2D eigenvalue weighted by molar-refractivity contribution is 5.99. The Bertz CT molecular complexity index is 1300. The number of hydrogen-bond donors (Lipinski definition) is 2. The Morgan fingerprint density at radius 2 is 2.00 bits per heavy atom. The smallest absolute Gasteiger partial charge is 0.294 e. The number of nitrogens with one attached hydrogen (secondary N) is 1. The van der Waals surface area contributed by atoms with Crippen LogP contribution in [0.25, 0.3) is 17.1 Å². The number of hydrazone groups is 1. The van der Waals surface area contributed by atoms with Crippen molar-refractivity contribution in [3.05, 3.63) is 59.8 Å². The second kappa shape index (κ2) is 10.3. The van der Waals surface area contributed by atoms with Gasteiger partial charge >= 0.3 is 0 Å². The topological polar surface area (TPSA) is 156 Å². The van der Waals surface area contributed by atoms with Gasteiger partial charge in [0.05, 0.1) is 19.9 Å². The second-order valence-corrected chi connectivity index (χ2v) is 6.99. The first-order chi connectivity index (χ1) is 16.6. The number of aromatic nitrogens is 5. The van der Waals surface area contributed by atoms with Gasteiger partial charge in [-0.3, -0.25) is 4.79 Å². The molecule has 0 saturated carbocycles. The summed E-state index contributed by atoms with van der Waals surface area (Å²) in [6, 6.07) is 14.4. The number of ether oxygens (including phenoxy) is 2. The van der Waals surface area contributed by atoms with E-state index in [2.05, 4.69) is 35.8 Å². The van der Waals surface area contributed by atoms with Gasteiger partial charge in [-0.15, -0.1) is 5.10 Å². The van der Waals surface area contributed by atoms with Crippen LogP contribution >= 0.6 is 0 Å². The number of amides is 1. The maximum atomic E-state index is 13.0. The molecule has 0 unspecified atom stereocenters. The van der Waals surface area contributed by atoms with E-state index in [1.807, 2.05) is 19.1 Å². The SMILES string of the molecule is CCCOc1ccc(-c2c(C(=O)NN=Cc3ccccc3OC)nnn2-c2nonc2N)cc1. The van der Waals surface area contributed by atoms with E-state index >= 15 is 0 Å². The lowest BCUT2D eigenvalue weighted by molar-refractivity contribution is 0.0950. The highest BCUT2D eigenvalue weighted by atomic mass is 16.6. The van der Waals surface area contributed by atoms with Gasteiger partial charge in [-0.25, -0.2) is 10.1 Å². The Kier molecular flexibility index (Phi) is 6.77. The van der Waals surface area contributed by atoms with Crippen LogP contribution in [0.4, 0.5) is 5.82 Å². The third-order valence-corrected chi connectivity index (χ3v) is 4.69. The molecule has 0 atom stereocenters. The zero-order valence-corrected chi connectivity index (χ0v) is 18.5. The molecule has 4 aromatic rings. The number of para-hydroxylation sites is 1. The van der Waals surface area contributed by atoms with Crippen molar-refractivity contribution in [1.82, 2.24) is 30.7 Å². The summed E-state index contributed by atoms with van der Waals surface area (Å²) in [5.74, 6) is 0.820. The van der Waals surface area contributed by atoms with E-state index in [-0.39, 0.29) is 17.3 Å². The van der Waals surface area contributed by atoms with Crippen molar-refractivity contribution in [3.8, 4) is 28.6 Å². The van der Waals surface area contributed by atoms with Crippen LogP contribution in [-0.4, -0.2) is 51.1 Å². The molecule has 0 radical (unpaired) electrons. The van der Waals surface area contributed by atoms with Gasteiger partial charge in [-0.1, -0.05) is 24.3 Å². The van der Waals surface area contributed by atoms with Gasteiger partial charge in [0.25, 0.3) is 5.91 Å². The predicted octanol–water partition coefficient (Wildman–Crippen LogP) is 2.46. The summed E-state index contributed by atoms with van der Waals surface area (Å²) < 4.78 is 16.9. The zero-order chi connectivity index (χ0) is 23.9. The summed E-state index contributed by atoms with van der Waals surface area (Å²) >= 11 is 0. The van der Waals surface area contributed by atoms with E-state index < -0.39 is 5.91 Å². The molecular formula is C22H22N8O4.